The third-order valence-electron chi connectivity index (χ3n) is 2.10. The summed E-state index contributed by atoms with van der Waals surface area (Å²) in [4.78, 5) is 10.7. The van der Waals surface area contributed by atoms with Crippen LogP contribution >= 0.6 is 0 Å². The average molecular weight is 189 g/mol. The minimum absolute atomic E-state index is 0.0480. The van der Waals surface area contributed by atoms with Crippen LogP contribution in [-0.4, -0.2) is 29.3 Å². The Morgan fingerprint density at radius 2 is 2.15 bits per heavy atom. The largest absolute Gasteiger partial charge is 0.481 e. The van der Waals surface area contributed by atoms with Crippen LogP contribution in [0, 0.1) is 11.8 Å². The van der Waals surface area contributed by atoms with Gasteiger partial charge in [-0.25, -0.2) is 0 Å². The molecular formula is C9H19NO3. The van der Waals surface area contributed by atoms with E-state index in [1.807, 2.05) is 6.92 Å². The maximum atomic E-state index is 10.7. The molecule has 0 aromatic carbocycles. The van der Waals surface area contributed by atoms with Crippen molar-refractivity contribution in [3.8, 4) is 0 Å². The summed E-state index contributed by atoms with van der Waals surface area (Å²) in [6.45, 7) is 2.42. The highest BCUT2D eigenvalue weighted by molar-refractivity contribution is 5.69. The number of nitrogens with two attached hydrogens (primary N) is 1. The molecule has 0 spiro atoms. The topological polar surface area (TPSA) is 83.5 Å². The maximum Gasteiger partial charge on any atom is 0.306 e. The van der Waals surface area contributed by atoms with Crippen molar-refractivity contribution >= 4 is 5.97 Å². The lowest BCUT2D eigenvalue weighted by Gasteiger charge is -2.15. The Bertz CT molecular complexity index is 150. The van der Waals surface area contributed by atoms with Crippen molar-refractivity contribution in [1.82, 2.24) is 0 Å². The monoisotopic (exact) mass is 189 g/mol. The van der Waals surface area contributed by atoms with E-state index in [0.29, 0.717) is 19.4 Å². The van der Waals surface area contributed by atoms with Gasteiger partial charge in [0.2, 0.25) is 0 Å². The van der Waals surface area contributed by atoms with Crippen LogP contribution in [0.5, 0.6) is 0 Å². The molecule has 2 unspecified atom stereocenters. The molecule has 0 aromatic heterocycles. The maximum absolute atomic E-state index is 10.7. The molecule has 0 saturated carbocycles. The zero-order valence-electron chi connectivity index (χ0n) is 8.07. The molecule has 0 bridgehead atoms. The van der Waals surface area contributed by atoms with Gasteiger partial charge in [-0.05, 0) is 31.7 Å². The van der Waals surface area contributed by atoms with E-state index in [2.05, 4.69) is 0 Å². The van der Waals surface area contributed by atoms with Gasteiger partial charge in [0.1, 0.15) is 0 Å². The molecule has 0 heterocycles. The number of aliphatic hydroxyl groups is 1. The van der Waals surface area contributed by atoms with Gasteiger partial charge in [0.15, 0.2) is 0 Å². The Labute approximate surface area is 78.7 Å². The molecule has 0 rings (SSSR count). The molecule has 4 N–H and O–H groups in total. The predicted octanol–water partition coefficient (Wildman–Crippen LogP) is 0.445. The SMILES string of the molecule is CC(CO)CC(CCCN)C(=O)O. The normalized spacial score (nSPS) is 15.3. The number of rotatable bonds is 7. The lowest BCUT2D eigenvalue weighted by Crippen LogP contribution is -2.19. The first-order valence-corrected chi connectivity index (χ1v) is 4.65. The van der Waals surface area contributed by atoms with Crippen LogP contribution < -0.4 is 5.73 Å². The fourth-order valence-electron chi connectivity index (χ4n) is 1.27. The summed E-state index contributed by atoms with van der Waals surface area (Å²) in [5.74, 6) is -1.08. The summed E-state index contributed by atoms with van der Waals surface area (Å²) in [6.07, 6.45) is 1.87. The van der Waals surface area contributed by atoms with Crippen molar-refractivity contribution in [3.05, 3.63) is 0 Å². The van der Waals surface area contributed by atoms with Gasteiger partial charge in [-0.3, -0.25) is 4.79 Å². The van der Waals surface area contributed by atoms with E-state index in [1.165, 1.54) is 0 Å². The summed E-state index contributed by atoms with van der Waals surface area (Å²) in [6, 6.07) is 0. The van der Waals surface area contributed by atoms with Gasteiger partial charge in [-0.15, -0.1) is 0 Å². The van der Waals surface area contributed by atoms with E-state index < -0.39 is 5.97 Å². The highest BCUT2D eigenvalue weighted by atomic mass is 16.4. The van der Waals surface area contributed by atoms with Gasteiger partial charge >= 0.3 is 5.97 Å². The average Bonchev–Trinajstić information content (AvgIpc) is 2.11. The standard InChI is InChI=1S/C9H19NO3/c1-7(6-11)5-8(9(12)13)3-2-4-10/h7-8,11H,2-6,10H2,1H3,(H,12,13). The smallest absolute Gasteiger partial charge is 0.306 e. The zero-order chi connectivity index (χ0) is 10.3. The third kappa shape index (κ3) is 5.60. The van der Waals surface area contributed by atoms with Crippen LogP contribution in [0.15, 0.2) is 0 Å². The quantitative estimate of drug-likeness (QED) is 0.542. The van der Waals surface area contributed by atoms with E-state index in [-0.39, 0.29) is 18.4 Å². The van der Waals surface area contributed by atoms with Crippen molar-refractivity contribution in [2.24, 2.45) is 17.6 Å². The minimum atomic E-state index is -0.784. The fraction of sp³-hybridized carbons (Fsp3) is 0.889. The summed E-state index contributed by atoms with van der Waals surface area (Å²) in [7, 11) is 0. The molecule has 0 fully saturated rings. The van der Waals surface area contributed by atoms with Gasteiger partial charge in [-0.2, -0.15) is 0 Å². The molecule has 13 heavy (non-hydrogen) atoms. The predicted molar refractivity (Wildman–Crippen MR) is 50.3 cm³/mol. The molecule has 0 aliphatic heterocycles. The summed E-state index contributed by atoms with van der Waals surface area (Å²) >= 11 is 0. The third-order valence-corrected chi connectivity index (χ3v) is 2.10. The molecule has 0 aliphatic rings. The molecule has 0 aromatic rings. The molecule has 78 valence electrons. The van der Waals surface area contributed by atoms with Gasteiger partial charge in [0.05, 0.1) is 5.92 Å². The Kier molecular flexibility index (Phi) is 6.54. The second kappa shape index (κ2) is 6.86. The summed E-state index contributed by atoms with van der Waals surface area (Å²) in [5.41, 5.74) is 5.30. The minimum Gasteiger partial charge on any atom is -0.481 e. The lowest BCUT2D eigenvalue weighted by atomic mass is 9.92. The van der Waals surface area contributed by atoms with Crippen LogP contribution in [-0.2, 0) is 4.79 Å². The number of carbonyl (C=O) groups is 1. The highest BCUT2D eigenvalue weighted by Crippen LogP contribution is 2.17. The Hall–Kier alpha value is -0.610. The van der Waals surface area contributed by atoms with E-state index in [1.54, 1.807) is 0 Å². The van der Waals surface area contributed by atoms with Crippen LogP contribution in [0.4, 0.5) is 0 Å². The zero-order valence-corrected chi connectivity index (χ0v) is 8.07. The number of hydrogen-bond acceptors (Lipinski definition) is 3. The number of aliphatic hydroxyl groups excluding tert-OH is 1. The molecule has 2 atom stereocenters. The van der Waals surface area contributed by atoms with Crippen molar-refractivity contribution in [2.75, 3.05) is 13.2 Å². The van der Waals surface area contributed by atoms with Crippen LogP contribution in [0.2, 0.25) is 0 Å². The van der Waals surface area contributed by atoms with E-state index >= 15 is 0 Å². The van der Waals surface area contributed by atoms with Crippen LogP contribution in [0.3, 0.4) is 0 Å². The first-order chi connectivity index (χ1) is 6.11. The second-order valence-corrected chi connectivity index (χ2v) is 3.49. The van der Waals surface area contributed by atoms with Crippen molar-refractivity contribution in [2.45, 2.75) is 26.2 Å². The van der Waals surface area contributed by atoms with Crippen molar-refractivity contribution < 1.29 is 15.0 Å². The first-order valence-electron chi connectivity index (χ1n) is 4.65. The van der Waals surface area contributed by atoms with Gasteiger partial charge < -0.3 is 15.9 Å². The van der Waals surface area contributed by atoms with E-state index in [9.17, 15) is 4.79 Å². The molecular weight excluding hydrogens is 170 g/mol. The van der Waals surface area contributed by atoms with Gasteiger partial charge in [-0.1, -0.05) is 6.92 Å². The number of carboxylic acids is 1. The van der Waals surface area contributed by atoms with Crippen LogP contribution in [0.1, 0.15) is 26.2 Å². The van der Waals surface area contributed by atoms with Gasteiger partial charge in [0, 0.05) is 6.61 Å². The Morgan fingerprint density at radius 3 is 2.54 bits per heavy atom. The first kappa shape index (κ1) is 12.4. The number of hydrogen-bond donors (Lipinski definition) is 3. The highest BCUT2D eigenvalue weighted by Gasteiger charge is 2.19. The molecule has 0 radical (unpaired) electrons. The van der Waals surface area contributed by atoms with E-state index in [0.717, 1.165) is 6.42 Å². The van der Waals surface area contributed by atoms with Crippen LogP contribution in [0.25, 0.3) is 0 Å². The Balaban J connectivity index is 3.87. The molecule has 4 nitrogen and oxygen atoms in total. The summed E-state index contributed by atoms with van der Waals surface area (Å²) in [5, 5.41) is 17.6. The summed E-state index contributed by atoms with van der Waals surface area (Å²) < 4.78 is 0. The molecule has 0 amide bonds. The lowest BCUT2D eigenvalue weighted by molar-refractivity contribution is -0.142. The molecule has 4 heteroatoms. The number of aliphatic carboxylic acids is 1. The number of carboxylic acid groups (broad SMARTS) is 1. The Morgan fingerprint density at radius 1 is 1.54 bits per heavy atom. The van der Waals surface area contributed by atoms with Crippen molar-refractivity contribution in [1.29, 1.82) is 0 Å². The fourth-order valence-corrected chi connectivity index (χ4v) is 1.27. The van der Waals surface area contributed by atoms with E-state index in [4.69, 9.17) is 15.9 Å². The molecule has 0 saturated heterocycles. The van der Waals surface area contributed by atoms with Gasteiger partial charge in [0.25, 0.3) is 0 Å². The van der Waals surface area contributed by atoms with Crippen molar-refractivity contribution in [3.63, 3.8) is 0 Å². The second-order valence-electron chi connectivity index (χ2n) is 3.49. The molecule has 0 aliphatic carbocycles.